The first-order valence-corrected chi connectivity index (χ1v) is 6.83. The van der Waals surface area contributed by atoms with Crippen molar-refractivity contribution >= 4 is 9.84 Å². The Balaban J connectivity index is 1.82. The molecule has 2 heterocycles. The number of aromatic nitrogens is 6. The van der Waals surface area contributed by atoms with Crippen molar-refractivity contribution in [1.82, 2.24) is 29.5 Å². The van der Waals surface area contributed by atoms with Gasteiger partial charge < -0.3 is 0 Å². The van der Waals surface area contributed by atoms with Gasteiger partial charge in [-0.1, -0.05) is 0 Å². The highest BCUT2D eigenvalue weighted by atomic mass is 32.2. The van der Waals surface area contributed by atoms with Crippen molar-refractivity contribution < 1.29 is 8.42 Å². The molecule has 2 aromatic rings. The smallest absolute Gasteiger partial charge is 0.153 e. The van der Waals surface area contributed by atoms with Gasteiger partial charge in [0, 0.05) is 0 Å². The molecular formula is C8H12N6O2S. The maximum atomic E-state index is 11.7. The van der Waals surface area contributed by atoms with Gasteiger partial charge in [0.25, 0.3) is 0 Å². The molecule has 8 nitrogen and oxygen atoms in total. The van der Waals surface area contributed by atoms with E-state index < -0.39 is 9.84 Å². The van der Waals surface area contributed by atoms with Crippen LogP contribution in [0.25, 0.3) is 0 Å². The van der Waals surface area contributed by atoms with Crippen LogP contribution in [0, 0.1) is 0 Å². The number of nitrogens with zero attached hydrogens (tertiary/aromatic N) is 6. The van der Waals surface area contributed by atoms with Crippen LogP contribution in [0.3, 0.4) is 0 Å². The standard InChI is InChI=1S/C8H12N6O2S/c15-17(16,3-1-13-7-9-5-11-13)4-2-14-8-10-6-12-14/h5-8H,1-4H2. The minimum absolute atomic E-state index is 0.0467. The highest BCUT2D eigenvalue weighted by Crippen LogP contribution is 1.95. The molecule has 0 saturated heterocycles. The summed E-state index contributed by atoms with van der Waals surface area (Å²) in [5.41, 5.74) is 0. The molecule has 0 aliphatic carbocycles. The Morgan fingerprint density at radius 3 is 1.71 bits per heavy atom. The molecule has 0 aliphatic heterocycles. The molecule has 9 heteroatoms. The number of hydrogen-bond donors (Lipinski definition) is 0. The molecule has 92 valence electrons. The molecule has 0 amide bonds. The molecule has 0 atom stereocenters. The zero-order valence-corrected chi connectivity index (χ0v) is 9.86. The van der Waals surface area contributed by atoms with Gasteiger partial charge in [0.2, 0.25) is 0 Å². The minimum Gasteiger partial charge on any atom is -0.252 e. The summed E-state index contributed by atoms with van der Waals surface area (Å²) in [5.74, 6) is 0.0934. The minimum atomic E-state index is -3.11. The monoisotopic (exact) mass is 256 g/mol. The molecule has 0 bridgehead atoms. The average Bonchev–Trinajstić information content (AvgIpc) is 2.97. The van der Waals surface area contributed by atoms with Crippen molar-refractivity contribution in [2.24, 2.45) is 0 Å². The fourth-order valence-electron chi connectivity index (χ4n) is 1.26. The number of rotatable bonds is 6. The summed E-state index contributed by atoms with van der Waals surface area (Å²) < 4.78 is 26.4. The Kier molecular flexibility index (Phi) is 3.47. The summed E-state index contributed by atoms with van der Waals surface area (Å²) in [6, 6.07) is 0. The lowest BCUT2D eigenvalue weighted by atomic mass is 10.7. The molecule has 0 unspecified atom stereocenters. The molecule has 0 saturated carbocycles. The third-order valence-electron chi connectivity index (χ3n) is 2.20. The van der Waals surface area contributed by atoms with Gasteiger partial charge in [0.1, 0.15) is 25.3 Å². The van der Waals surface area contributed by atoms with Crippen molar-refractivity contribution in [2.45, 2.75) is 13.1 Å². The second-order valence-corrected chi connectivity index (χ2v) is 5.77. The van der Waals surface area contributed by atoms with Crippen LogP contribution < -0.4 is 0 Å². The van der Waals surface area contributed by atoms with Crippen molar-refractivity contribution in [3.63, 3.8) is 0 Å². The quantitative estimate of drug-likeness (QED) is 0.656. The Bertz CT molecular complexity index is 488. The molecule has 0 aliphatic rings. The van der Waals surface area contributed by atoms with Crippen LogP contribution in [0.2, 0.25) is 0 Å². The summed E-state index contributed by atoms with van der Waals surface area (Å²) in [7, 11) is -3.11. The van der Waals surface area contributed by atoms with E-state index in [1.807, 2.05) is 0 Å². The normalized spacial score (nSPS) is 11.8. The first-order chi connectivity index (χ1) is 8.16. The Labute approximate surface area is 98.2 Å². The predicted molar refractivity (Wildman–Crippen MR) is 58.7 cm³/mol. The first-order valence-electron chi connectivity index (χ1n) is 5.01. The molecule has 0 N–H and O–H groups in total. The summed E-state index contributed by atoms with van der Waals surface area (Å²) in [5, 5.41) is 7.69. The zero-order chi connectivity index (χ0) is 12.1. The average molecular weight is 256 g/mol. The van der Waals surface area contributed by atoms with Gasteiger partial charge in [0.15, 0.2) is 9.84 Å². The number of hydrogen-bond acceptors (Lipinski definition) is 6. The van der Waals surface area contributed by atoms with Crippen molar-refractivity contribution in [1.29, 1.82) is 0 Å². The molecule has 0 aromatic carbocycles. The van der Waals surface area contributed by atoms with Gasteiger partial charge >= 0.3 is 0 Å². The fraction of sp³-hybridized carbons (Fsp3) is 0.500. The molecule has 2 aromatic heterocycles. The van der Waals surface area contributed by atoms with E-state index >= 15 is 0 Å². The second kappa shape index (κ2) is 5.04. The van der Waals surface area contributed by atoms with Crippen LogP contribution in [0.5, 0.6) is 0 Å². The van der Waals surface area contributed by atoms with Crippen molar-refractivity contribution in [2.75, 3.05) is 11.5 Å². The molecular weight excluding hydrogens is 244 g/mol. The van der Waals surface area contributed by atoms with Crippen LogP contribution in [0.1, 0.15) is 0 Å². The van der Waals surface area contributed by atoms with Crippen LogP contribution in [0.15, 0.2) is 25.3 Å². The lowest BCUT2D eigenvalue weighted by Crippen LogP contribution is -2.19. The van der Waals surface area contributed by atoms with E-state index in [1.54, 1.807) is 0 Å². The highest BCUT2D eigenvalue weighted by molar-refractivity contribution is 7.91. The Morgan fingerprint density at radius 1 is 0.882 bits per heavy atom. The first kappa shape index (κ1) is 11.7. The highest BCUT2D eigenvalue weighted by Gasteiger charge is 2.11. The van der Waals surface area contributed by atoms with Gasteiger partial charge in [-0.25, -0.2) is 18.4 Å². The van der Waals surface area contributed by atoms with Crippen LogP contribution in [-0.4, -0.2) is 49.5 Å². The molecule has 2 rings (SSSR count). The lowest BCUT2D eigenvalue weighted by molar-refractivity contribution is 0.568. The van der Waals surface area contributed by atoms with E-state index in [2.05, 4.69) is 20.2 Å². The molecule has 17 heavy (non-hydrogen) atoms. The van der Waals surface area contributed by atoms with Gasteiger partial charge in [-0.15, -0.1) is 0 Å². The second-order valence-electron chi connectivity index (χ2n) is 3.47. The lowest BCUT2D eigenvalue weighted by Gasteiger charge is -2.04. The fourth-order valence-corrected chi connectivity index (χ4v) is 2.40. The van der Waals surface area contributed by atoms with Gasteiger partial charge in [-0.2, -0.15) is 10.2 Å². The van der Waals surface area contributed by atoms with Gasteiger partial charge in [-0.3, -0.25) is 9.36 Å². The summed E-state index contributed by atoms with van der Waals surface area (Å²) in [6.45, 7) is 0.638. The summed E-state index contributed by atoms with van der Waals surface area (Å²) in [6.07, 6.45) is 5.74. The van der Waals surface area contributed by atoms with E-state index in [0.29, 0.717) is 13.1 Å². The SMILES string of the molecule is O=S(=O)(CCn1cncn1)CCn1cncn1. The summed E-state index contributed by atoms with van der Waals surface area (Å²) >= 11 is 0. The third kappa shape index (κ3) is 3.63. The van der Waals surface area contributed by atoms with Crippen molar-refractivity contribution in [3.8, 4) is 0 Å². The molecule has 0 fully saturated rings. The van der Waals surface area contributed by atoms with Crippen molar-refractivity contribution in [3.05, 3.63) is 25.3 Å². The van der Waals surface area contributed by atoms with E-state index in [0.717, 1.165) is 0 Å². The maximum absolute atomic E-state index is 11.7. The zero-order valence-electron chi connectivity index (χ0n) is 9.05. The van der Waals surface area contributed by atoms with Crippen LogP contribution in [-0.2, 0) is 22.9 Å². The molecule has 0 spiro atoms. The van der Waals surface area contributed by atoms with E-state index in [9.17, 15) is 8.42 Å². The number of sulfone groups is 1. The van der Waals surface area contributed by atoms with E-state index in [-0.39, 0.29) is 11.5 Å². The Hall–Kier alpha value is -1.77. The topological polar surface area (TPSA) is 95.6 Å². The predicted octanol–water partition coefficient (Wildman–Crippen LogP) is -1.02. The van der Waals surface area contributed by atoms with E-state index in [1.165, 1.54) is 34.7 Å². The van der Waals surface area contributed by atoms with Gasteiger partial charge in [-0.05, 0) is 0 Å². The van der Waals surface area contributed by atoms with Crippen LogP contribution >= 0.6 is 0 Å². The van der Waals surface area contributed by atoms with Crippen LogP contribution in [0.4, 0.5) is 0 Å². The summed E-state index contributed by atoms with van der Waals surface area (Å²) in [4.78, 5) is 7.49. The molecule has 0 radical (unpaired) electrons. The maximum Gasteiger partial charge on any atom is 0.153 e. The Morgan fingerprint density at radius 2 is 1.35 bits per heavy atom. The number of aryl methyl sites for hydroxylation is 2. The largest absolute Gasteiger partial charge is 0.252 e. The van der Waals surface area contributed by atoms with Gasteiger partial charge in [0.05, 0.1) is 24.6 Å². The van der Waals surface area contributed by atoms with E-state index in [4.69, 9.17) is 0 Å². The third-order valence-corrected chi connectivity index (χ3v) is 3.81.